The molecule has 0 saturated carbocycles. The molecule has 1 aliphatic heterocycles. The monoisotopic (exact) mass is 368 g/mol. The first-order chi connectivity index (χ1) is 11.5. The molecule has 25 heavy (non-hydrogen) atoms. The van der Waals surface area contributed by atoms with Crippen LogP contribution in [-0.2, 0) is 13.9 Å². The maximum atomic E-state index is 6.97. The highest BCUT2D eigenvalue weighted by Crippen LogP contribution is 2.44. The third-order valence-corrected chi connectivity index (χ3v) is 11.0. The van der Waals surface area contributed by atoms with Crippen LogP contribution in [0.15, 0.2) is 11.1 Å². The van der Waals surface area contributed by atoms with Crippen LogP contribution in [0.5, 0.6) is 0 Å². The molecule has 0 aromatic carbocycles. The van der Waals surface area contributed by atoms with Crippen LogP contribution in [0.1, 0.15) is 67.2 Å². The lowest BCUT2D eigenvalue weighted by atomic mass is 9.85. The Morgan fingerprint density at radius 3 is 2.28 bits per heavy atom. The Balaban J connectivity index is 2.20. The molecule has 0 bridgehead atoms. The summed E-state index contributed by atoms with van der Waals surface area (Å²) in [5, 5.41) is 0.228. The van der Waals surface area contributed by atoms with Crippen LogP contribution in [0.2, 0.25) is 18.1 Å². The average molecular weight is 369 g/mol. The lowest BCUT2D eigenvalue weighted by Gasteiger charge is -2.41. The molecule has 3 nitrogen and oxygen atoms in total. The van der Waals surface area contributed by atoms with E-state index < -0.39 is 8.32 Å². The Hall–Kier alpha value is -0.163. The van der Waals surface area contributed by atoms with Gasteiger partial charge in [0.1, 0.15) is 0 Å². The molecule has 1 heterocycles. The van der Waals surface area contributed by atoms with Crippen LogP contribution in [0, 0.1) is 11.8 Å². The Kier molecular flexibility index (Phi) is 6.97. The summed E-state index contributed by atoms with van der Waals surface area (Å²) < 4.78 is 18.3. The summed E-state index contributed by atoms with van der Waals surface area (Å²) in [5.41, 5.74) is 3.16. The number of hydrogen-bond acceptors (Lipinski definition) is 3. The third-order valence-electron chi connectivity index (χ3n) is 6.47. The van der Waals surface area contributed by atoms with Crippen molar-refractivity contribution in [2.45, 2.75) is 97.8 Å². The van der Waals surface area contributed by atoms with Gasteiger partial charge in [0.05, 0.1) is 19.3 Å². The molecule has 0 aromatic rings. The van der Waals surface area contributed by atoms with Crippen molar-refractivity contribution in [1.29, 1.82) is 0 Å². The molecule has 0 amide bonds. The number of hydrogen-bond donors (Lipinski definition) is 0. The van der Waals surface area contributed by atoms with Crippen molar-refractivity contribution in [2.75, 3.05) is 13.2 Å². The van der Waals surface area contributed by atoms with Gasteiger partial charge < -0.3 is 13.9 Å². The predicted octanol–water partition coefficient (Wildman–Crippen LogP) is 5.91. The van der Waals surface area contributed by atoms with Crippen molar-refractivity contribution in [2.24, 2.45) is 11.8 Å². The van der Waals surface area contributed by atoms with Gasteiger partial charge in [0.15, 0.2) is 14.6 Å². The highest BCUT2D eigenvalue weighted by atomic mass is 28.4. The summed E-state index contributed by atoms with van der Waals surface area (Å²) >= 11 is 0. The molecule has 0 radical (unpaired) electrons. The fourth-order valence-corrected chi connectivity index (χ4v) is 5.18. The van der Waals surface area contributed by atoms with Crippen LogP contribution in [0.3, 0.4) is 0 Å². The molecule has 1 aliphatic carbocycles. The first-order valence-electron chi connectivity index (χ1n) is 10.1. The topological polar surface area (TPSA) is 27.7 Å². The Morgan fingerprint density at radius 2 is 1.76 bits per heavy atom. The van der Waals surface area contributed by atoms with Crippen molar-refractivity contribution >= 4 is 8.32 Å². The van der Waals surface area contributed by atoms with E-state index in [1.54, 1.807) is 11.1 Å². The van der Waals surface area contributed by atoms with Gasteiger partial charge in [-0.05, 0) is 61.7 Å². The van der Waals surface area contributed by atoms with E-state index in [9.17, 15) is 0 Å². The van der Waals surface area contributed by atoms with Crippen LogP contribution >= 0.6 is 0 Å². The maximum absolute atomic E-state index is 6.97. The zero-order chi connectivity index (χ0) is 18.8. The lowest BCUT2D eigenvalue weighted by Crippen LogP contribution is -2.45. The van der Waals surface area contributed by atoms with Crippen molar-refractivity contribution in [3.8, 4) is 0 Å². The first kappa shape index (κ1) is 21.1. The Bertz CT molecular complexity index is 470. The van der Waals surface area contributed by atoms with Crippen molar-refractivity contribution in [1.82, 2.24) is 0 Å². The summed E-state index contributed by atoms with van der Waals surface area (Å²) in [4.78, 5) is 0. The minimum atomic E-state index is -1.82. The average Bonchev–Trinajstić information content (AvgIpc) is 3.11. The molecule has 1 unspecified atom stereocenters. The largest absolute Gasteiger partial charge is 0.410 e. The number of ether oxygens (including phenoxy) is 2. The predicted molar refractivity (Wildman–Crippen MR) is 107 cm³/mol. The zero-order valence-electron chi connectivity index (χ0n) is 17.8. The second-order valence-electron chi connectivity index (χ2n) is 9.74. The van der Waals surface area contributed by atoms with E-state index in [0.717, 1.165) is 26.1 Å². The van der Waals surface area contributed by atoms with Gasteiger partial charge in [0.2, 0.25) is 0 Å². The van der Waals surface area contributed by atoms with E-state index in [2.05, 4.69) is 54.6 Å². The van der Waals surface area contributed by atoms with Crippen LogP contribution in [0.25, 0.3) is 0 Å². The molecular formula is C21H40O3Si. The van der Waals surface area contributed by atoms with Crippen molar-refractivity contribution in [3.05, 3.63) is 11.1 Å². The van der Waals surface area contributed by atoms with Crippen LogP contribution in [-0.4, -0.2) is 33.9 Å². The van der Waals surface area contributed by atoms with Crippen molar-refractivity contribution < 1.29 is 13.9 Å². The van der Waals surface area contributed by atoms with Gasteiger partial charge in [0.25, 0.3) is 0 Å². The van der Waals surface area contributed by atoms with Crippen LogP contribution in [0.4, 0.5) is 0 Å². The van der Waals surface area contributed by atoms with Crippen LogP contribution < -0.4 is 0 Å². The molecular weight excluding hydrogens is 328 g/mol. The summed E-state index contributed by atoms with van der Waals surface area (Å²) in [7, 11) is -1.82. The Labute approximate surface area is 156 Å². The molecule has 0 spiro atoms. The molecule has 1 saturated heterocycles. The number of allylic oxidation sites excluding steroid dienone is 1. The standard InChI is InChI=1S/C21H40O3Si/c1-15(2)17-10-9-16(3)20(17)18(11-12-19-22-13-14-23-19)24-25(7,8)21(4,5)6/h15,17-19H,9-14H2,1-8H3/t17-,18?/m0/s1. The van der Waals surface area contributed by atoms with E-state index in [0.29, 0.717) is 11.8 Å². The fourth-order valence-electron chi connectivity index (χ4n) is 3.87. The van der Waals surface area contributed by atoms with E-state index in [-0.39, 0.29) is 17.4 Å². The van der Waals surface area contributed by atoms with Gasteiger partial charge in [-0.3, -0.25) is 0 Å². The number of rotatable bonds is 7. The van der Waals surface area contributed by atoms with Gasteiger partial charge in [-0.1, -0.05) is 40.2 Å². The summed E-state index contributed by atoms with van der Waals surface area (Å²) in [6, 6.07) is 0. The van der Waals surface area contributed by atoms with E-state index in [4.69, 9.17) is 13.9 Å². The fraction of sp³-hybridized carbons (Fsp3) is 0.905. The highest BCUT2D eigenvalue weighted by molar-refractivity contribution is 6.74. The maximum Gasteiger partial charge on any atom is 0.192 e. The van der Waals surface area contributed by atoms with E-state index in [1.807, 2.05) is 0 Å². The smallest absolute Gasteiger partial charge is 0.192 e. The van der Waals surface area contributed by atoms with Gasteiger partial charge >= 0.3 is 0 Å². The highest BCUT2D eigenvalue weighted by Gasteiger charge is 2.42. The van der Waals surface area contributed by atoms with Gasteiger partial charge in [-0.25, -0.2) is 0 Å². The quantitative estimate of drug-likeness (QED) is 0.413. The molecule has 2 atom stereocenters. The second-order valence-corrected chi connectivity index (χ2v) is 14.5. The molecule has 4 heteroatoms. The lowest BCUT2D eigenvalue weighted by molar-refractivity contribution is -0.0523. The zero-order valence-corrected chi connectivity index (χ0v) is 18.8. The molecule has 2 rings (SSSR count). The summed E-state index contributed by atoms with van der Waals surface area (Å²) in [6.45, 7) is 20.2. The molecule has 2 aliphatic rings. The van der Waals surface area contributed by atoms with E-state index in [1.165, 1.54) is 12.8 Å². The minimum Gasteiger partial charge on any atom is -0.410 e. The minimum absolute atomic E-state index is 0.0367. The van der Waals surface area contributed by atoms with Gasteiger partial charge in [0, 0.05) is 6.42 Å². The third kappa shape index (κ3) is 5.18. The summed E-state index contributed by atoms with van der Waals surface area (Å²) in [6.07, 6.45) is 4.64. The van der Waals surface area contributed by atoms with Gasteiger partial charge in [-0.15, -0.1) is 0 Å². The van der Waals surface area contributed by atoms with Crippen molar-refractivity contribution in [3.63, 3.8) is 0 Å². The molecule has 146 valence electrons. The Morgan fingerprint density at radius 1 is 1.16 bits per heavy atom. The summed E-state index contributed by atoms with van der Waals surface area (Å²) in [5.74, 6) is 1.34. The normalized spacial score (nSPS) is 24.6. The SMILES string of the molecule is CC1=C(C(CCC2OCCO2)O[Si](C)(C)C(C)(C)C)[C@H](C(C)C)CC1. The second kappa shape index (κ2) is 8.24. The molecule has 0 aromatic heterocycles. The van der Waals surface area contributed by atoms with Gasteiger partial charge in [-0.2, -0.15) is 0 Å². The molecule has 0 N–H and O–H groups in total. The van der Waals surface area contributed by atoms with E-state index >= 15 is 0 Å². The first-order valence-corrected chi connectivity index (χ1v) is 13.0. The molecule has 1 fully saturated rings.